The predicted molar refractivity (Wildman–Crippen MR) is 110 cm³/mol. The van der Waals surface area contributed by atoms with Crippen LogP contribution in [0.3, 0.4) is 0 Å². The number of esters is 3. The maximum atomic E-state index is 11.5. The molecule has 30 heavy (non-hydrogen) atoms. The molecule has 0 spiro atoms. The average molecular weight is 427 g/mol. The number of hydrogen-bond donors (Lipinski definition) is 1. The van der Waals surface area contributed by atoms with Crippen LogP contribution in [0.2, 0.25) is 0 Å². The van der Waals surface area contributed by atoms with E-state index in [-0.39, 0.29) is 38.8 Å². The number of rotatable bonds is 16. The first-order valence-electron chi connectivity index (χ1n) is 9.95. The van der Waals surface area contributed by atoms with Gasteiger partial charge in [0.25, 0.3) is 0 Å². The normalized spacial score (nSPS) is 9.93. The van der Waals surface area contributed by atoms with Crippen molar-refractivity contribution in [1.29, 1.82) is 0 Å². The molecule has 0 aliphatic carbocycles. The Morgan fingerprint density at radius 1 is 0.667 bits per heavy atom. The highest BCUT2D eigenvalue weighted by molar-refractivity contribution is 5.87. The molecular weight excluding hydrogens is 394 g/mol. The summed E-state index contributed by atoms with van der Waals surface area (Å²) in [6.07, 6.45) is 3.12. The van der Waals surface area contributed by atoms with Gasteiger partial charge in [-0.05, 0) is 46.0 Å². The van der Waals surface area contributed by atoms with Crippen LogP contribution in [-0.2, 0) is 33.3 Å². The van der Waals surface area contributed by atoms with Crippen LogP contribution in [0.15, 0.2) is 24.3 Å². The molecule has 0 saturated heterocycles. The summed E-state index contributed by atoms with van der Waals surface area (Å²) in [7, 11) is 0. The second-order valence-corrected chi connectivity index (χ2v) is 6.63. The smallest absolute Gasteiger partial charge is 0.407 e. The van der Waals surface area contributed by atoms with E-state index >= 15 is 0 Å². The Bertz CT molecular complexity index is 548. The molecule has 0 aliphatic heterocycles. The van der Waals surface area contributed by atoms with Crippen molar-refractivity contribution in [2.24, 2.45) is 0 Å². The quantitative estimate of drug-likeness (QED) is 0.173. The minimum Gasteiger partial charge on any atom is -0.466 e. The Kier molecular flexibility index (Phi) is 15.4. The molecule has 0 bridgehead atoms. The second kappa shape index (κ2) is 17.1. The van der Waals surface area contributed by atoms with Gasteiger partial charge in [-0.15, -0.1) is 0 Å². The molecular formula is C21H33NO8. The zero-order valence-corrected chi connectivity index (χ0v) is 18.0. The molecule has 1 amide bonds. The van der Waals surface area contributed by atoms with E-state index < -0.39 is 18.0 Å². The summed E-state index contributed by atoms with van der Waals surface area (Å²) in [5.41, 5.74) is 0.624. The van der Waals surface area contributed by atoms with Gasteiger partial charge in [-0.1, -0.05) is 13.2 Å². The van der Waals surface area contributed by atoms with Crippen molar-refractivity contribution in [3.05, 3.63) is 24.3 Å². The fraction of sp³-hybridized carbons (Fsp3) is 0.619. The fourth-order valence-corrected chi connectivity index (χ4v) is 1.96. The van der Waals surface area contributed by atoms with Crippen LogP contribution in [0.1, 0.15) is 52.4 Å². The molecule has 0 radical (unpaired) electrons. The highest BCUT2D eigenvalue weighted by atomic mass is 16.6. The van der Waals surface area contributed by atoms with Gasteiger partial charge in [-0.25, -0.2) is 14.4 Å². The van der Waals surface area contributed by atoms with E-state index in [2.05, 4.69) is 18.5 Å². The Labute approximate surface area is 177 Å². The summed E-state index contributed by atoms with van der Waals surface area (Å²) < 4.78 is 19.8. The van der Waals surface area contributed by atoms with E-state index in [4.69, 9.17) is 18.9 Å². The Balaban J connectivity index is 3.44. The Morgan fingerprint density at radius 2 is 1.17 bits per heavy atom. The van der Waals surface area contributed by atoms with Gasteiger partial charge in [-0.2, -0.15) is 0 Å². The van der Waals surface area contributed by atoms with E-state index in [0.717, 1.165) is 19.3 Å². The first-order valence-corrected chi connectivity index (χ1v) is 9.95. The zero-order chi connectivity index (χ0) is 22.8. The van der Waals surface area contributed by atoms with Gasteiger partial charge < -0.3 is 24.3 Å². The molecule has 0 rings (SSSR count). The number of amides is 1. The van der Waals surface area contributed by atoms with Crippen molar-refractivity contribution < 1.29 is 38.1 Å². The first-order chi connectivity index (χ1) is 14.2. The van der Waals surface area contributed by atoms with Crippen molar-refractivity contribution in [3.8, 4) is 0 Å². The summed E-state index contributed by atoms with van der Waals surface area (Å²) in [6, 6.07) is 0. The molecule has 0 atom stereocenters. The summed E-state index contributed by atoms with van der Waals surface area (Å²) >= 11 is 0. The van der Waals surface area contributed by atoms with E-state index in [1.54, 1.807) is 13.8 Å². The molecule has 9 nitrogen and oxygen atoms in total. The summed E-state index contributed by atoms with van der Waals surface area (Å²) in [4.78, 5) is 45.3. The molecule has 9 heteroatoms. The fourth-order valence-electron chi connectivity index (χ4n) is 1.96. The molecule has 1 N–H and O–H groups in total. The van der Waals surface area contributed by atoms with E-state index in [1.165, 1.54) is 0 Å². The van der Waals surface area contributed by atoms with Gasteiger partial charge in [0.2, 0.25) is 0 Å². The van der Waals surface area contributed by atoms with E-state index in [1.807, 2.05) is 0 Å². The Morgan fingerprint density at radius 3 is 1.73 bits per heavy atom. The van der Waals surface area contributed by atoms with Crippen LogP contribution in [-0.4, -0.2) is 57.0 Å². The maximum Gasteiger partial charge on any atom is 0.407 e. The largest absolute Gasteiger partial charge is 0.466 e. The second-order valence-electron chi connectivity index (χ2n) is 6.63. The van der Waals surface area contributed by atoms with Crippen molar-refractivity contribution in [2.45, 2.75) is 52.4 Å². The highest BCUT2D eigenvalue weighted by Gasteiger charge is 2.07. The molecule has 0 aromatic heterocycles. The lowest BCUT2D eigenvalue weighted by Gasteiger charge is -2.08. The molecule has 0 unspecified atom stereocenters. The third kappa shape index (κ3) is 16.1. The zero-order valence-electron chi connectivity index (χ0n) is 18.0. The van der Waals surface area contributed by atoms with Gasteiger partial charge in [0, 0.05) is 17.6 Å². The maximum absolute atomic E-state index is 11.5. The summed E-state index contributed by atoms with van der Waals surface area (Å²) in [6.45, 7) is 11.0. The molecule has 0 aliphatic rings. The van der Waals surface area contributed by atoms with Gasteiger partial charge in [0.15, 0.2) is 0 Å². The van der Waals surface area contributed by atoms with Gasteiger partial charge in [0.1, 0.15) is 6.61 Å². The first kappa shape index (κ1) is 27.2. The highest BCUT2D eigenvalue weighted by Crippen LogP contribution is 2.03. The number of ether oxygens (including phenoxy) is 4. The van der Waals surface area contributed by atoms with Crippen LogP contribution >= 0.6 is 0 Å². The van der Waals surface area contributed by atoms with Crippen molar-refractivity contribution in [3.63, 3.8) is 0 Å². The van der Waals surface area contributed by atoms with Gasteiger partial charge in [-0.3, -0.25) is 4.79 Å². The number of carbonyl (C=O) groups is 4. The van der Waals surface area contributed by atoms with Crippen LogP contribution in [0.4, 0.5) is 4.79 Å². The summed E-state index contributed by atoms with van der Waals surface area (Å²) in [5, 5.41) is 2.48. The predicted octanol–water partition coefficient (Wildman–Crippen LogP) is 2.84. The third-order valence-electron chi connectivity index (χ3n) is 3.59. The number of hydrogen-bond acceptors (Lipinski definition) is 8. The molecule has 0 heterocycles. The lowest BCUT2D eigenvalue weighted by atomic mass is 10.2. The lowest BCUT2D eigenvalue weighted by Crippen LogP contribution is -2.29. The molecule has 0 aromatic carbocycles. The van der Waals surface area contributed by atoms with E-state index in [9.17, 15) is 19.2 Å². The minimum absolute atomic E-state index is 0.0547. The third-order valence-corrected chi connectivity index (χ3v) is 3.59. The number of alkyl carbamates (subject to hydrolysis) is 1. The molecule has 0 fully saturated rings. The van der Waals surface area contributed by atoms with Crippen LogP contribution in [0.5, 0.6) is 0 Å². The van der Waals surface area contributed by atoms with Crippen LogP contribution in [0.25, 0.3) is 0 Å². The number of nitrogens with one attached hydrogen (secondary N) is 1. The average Bonchev–Trinajstić information content (AvgIpc) is 2.69. The molecule has 170 valence electrons. The number of unbranched alkanes of at least 4 members (excludes halogenated alkanes) is 3. The Hall–Kier alpha value is -2.84. The topological polar surface area (TPSA) is 117 Å². The standard InChI is InChI=1S/C21H33NO8/c1-16(2)19(24)28-14-9-10-18(23)27-12-7-5-6-8-13-30-21(26)22-11-15-29-20(25)17(3)4/h1,3,5-15H2,2,4H3,(H,22,26). The van der Waals surface area contributed by atoms with Gasteiger partial charge in [0.05, 0.1) is 26.4 Å². The SMILES string of the molecule is C=C(C)C(=O)OCCCC(=O)OCCCCCCOC(=O)NCCOC(=O)C(=C)C. The lowest BCUT2D eigenvalue weighted by molar-refractivity contribution is -0.146. The molecule has 0 saturated carbocycles. The van der Waals surface area contributed by atoms with Crippen LogP contribution < -0.4 is 5.32 Å². The summed E-state index contributed by atoms with van der Waals surface area (Å²) in [5.74, 6) is -1.29. The van der Waals surface area contributed by atoms with Crippen molar-refractivity contribution >= 4 is 24.0 Å². The van der Waals surface area contributed by atoms with Crippen molar-refractivity contribution in [2.75, 3.05) is 33.0 Å². The number of carbonyl (C=O) groups excluding carboxylic acids is 4. The van der Waals surface area contributed by atoms with Crippen molar-refractivity contribution in [1.82, 2.24) is 5.32 Å². The van der Waals surface area contributed by atoms with Crippen LogP contribution in [0, 0.1) is 0 Å². The van der Waals surface area contributed by atoms with E-state index in [0.29, 0.717) is 30.6 Å². The monoisotopic (exact) mass is 427 g/mol. The molecule has 0 aromatic rings. The van der Waals surface area contributed by atoms with Gasteiger partial charge >= 0.3 is 24.0 Å². The minimum atomic E-state index is -0.566.